The van der Waals surface area contributed by atoms with Crippen LogP contribution < -0.4 is 14.5 Å². The molecule has 0 N–H and O–H groups in total. The highest BCUT2D eigenvalue weighted by molar-refractivity contribution is 6.33. The number of unbranched alkanes of at least 4 members (excludes halogenated alkanes) is 3. The summed E-state index contributed by atoms with van der Waals surface area (Å²) in [4.78, 5) is 18.1. The number of anilines is 2. The number of hydrogen-bond acceptors (Lipinski definition) is 5. The van der Waals surface area contributed by atoms with Gasteiger partial charge in [-0.25, -0.2) is 4.79 Å². The Labute approximate surface area is 244 Å². The third kappa shape index (κ3) is 5.81. The predicted molar refractivity (Wildman–Crippen MR) is 165 cm³/mol. The van der Waals surface area contributed by atoms with Gasteiger partial charge in [0.2, 0.25) is 0 Å². The van der Waals surface area contributed by atoms with Crippen molar-refractivity contribution in [1.82, 2.24) is 0 Å². The van der Waals surface area contributed by atoms with Crippen LogP contribution in [0.1, 0.15) is 92.3 Å². The zero-order chi connectivity index (χ0) is 28.1. The molecule has 0 saturated carbocycles. The Hall–Kier alpha value is -3.18. The van der Waals surface area contributed by atoms with E-state index in [-0.39, 0.29) is 11.9 Å². The van der Waals surface area contributed by atoms with Gasteiger partial charge in [-0.3, -0.25) is 0 Å². The minimum Gasteiger partial charge on any atom is -0.462 e. The molecule has 0 amide bonds. The first-order chi connectivity index (χ1) is 19.5. The molecule has 1 fully saturated rings. The zero-order valence-corrected chi connectivity index (χ0v) is 24.8. The Morgan fingerprint density at radius 3 is 2.42 bits per heavy atom. The molecule has 1 unspecified atom stereocenters. The average molecular weight is 561 g/mol. The highest BCUT2D eigenvalue weighted by Crippen LogP contribution is 2.51. The van der Waals surface area contributed by atoms with Crippen molar-refractivity contribution >= 4 is 28.9 Å². The van der Waals surface area contributed by atoms with Crippen LogP contribution in [0.2, 0.25) is 5.02 Å². The van der Waals surface area contributed by atoms with Crippen molar-refractivity contribution in [2.75, 3.05) is 42.6 Å². The molecule has 0 radical (unpaired) electrons. The van der Waals surface area contributed by atoms with Gasteiger partial charge in [0.05, 0.1) is 22.9 Å². The van der Waals surface area contributed by atoms with E-state index in [1.807, 2.05) is 24.3 Å². The average Bonchev–Trinajstić information content (AvgIpc) is 3.51. The standard InChI is InChI=1S/C34H41ClN2O3/c1-4-7-8-13-20-39-34(38)26-15-10-9-14-25(26)33-27-17-16-24(36(5-2)6-3)21-31(27)40-32-23-29(35)30(22-28(32)33)37-18-11-12-19-37/h9-10,14-17,21-23,33H,4-8,11-13,18-20H2,1-3H3. The molecule has 3 aromatic carbocycles. The van der Waals surface area contributed by atoms with Gasteiger partial charge < -0.3 is 19.3 Å². The second-order valence-corrected chi connectivity index (χ2v) is 11.2. The van der Waals surface area contributed by atoms with Crippen LogP contribution in [0.3, 0.4) is 0 Å². The summed E-state index contributed by atoms with van der Waals surface area (Å²) in [5.74, 6) is 1.08. The third-order valence-electron chi connectivity index (χ3n) is 8.22. The van der Waals surface area contributed by atoms with Crippen molar-refractivity contribution in [1.29, 1.82) is 0 Å². The van der Waals surface area contributed by atoms with Crippen LogP contribution in [-0.4, -0.2) is 38.8 Å². The lowest BCUT2D eigenvalue weighted by Gasteiger charge is -2.33. The zero-order valence-electron chi connectivity index (χ0n) is 24.0. The van der Waals surface area contributed by atoms with Gasteiger partial charge in [-0.05, 0) is 56.9 Å². The van der Waals surface area contributed by atoms with E-state index in [2.05, 4.69) is 60.9 Å². The maximum atomic E-state index is 13.4. The smallest absolute Gasteiger partial charge is 0.338 e. The van der Waals surface area contributed by atoms with E-state index in [9.17, 15) is 4.79 Å². The van der Waals surface area contributed by atoms with Gasteiger partial charge in [-0.15, -0.1) is 0 Å². The van der Waals surface area contributed by atoms with Crippen LogP contribution in [0.15, 0.2) is 54.6 Å². The van der Waals surface area contributed by atoms with Crippen LogP contribution in [0.4, 0.5) is 11.4 Å². The second-order valence-electron chi connectivity index (χ2n) is 10.7. The summed E-state index contributed by atoms with van der Waals surface area (Å²) in [6.07, 6.45) is 6.59. The fourth-order valence-electron chi connectivity index (χ4n) is 6.04. The number of halogens is 1. The fraction of sp³-hybridized carbons (Fsp3) is 0.441. The van der Waals surface area contributed by atoms with Gasteiger partial charge in [0, 0.05) is 61.0 Å². The maximum absolute atomic E-state index is 13.4. The summed E-state index contributed by atoms with van der Waals surface area (Å²) >= 11 is 6.86. The second kappa shape index (κ2) is 13.0. The van der Waals surface area contributed by atoms with Crippen LogP contribution in [0.5, 0.6) is 11.5 Å². The van der Waals surface area contributed by atoms with Gasteiger partial charge in [0.1, 0.15) is 11.5 Å². The Morgan fingerprint density at radius 1 is 0.925 bits per heavy atom. The van der Waals surface area contributed by atoms with E-state index in [1.165, 1.54) is 0 Å². The molecule has 3 aromatic rings. The Morgan fingerprint density at radius 2 is 1.68 bits per heavy atom. The molecule has 40 heavy (non-hydrogen) atoms. The summed E-state index contributed by atoms with van der Waals surface area (Å²) < 4.78 is 12.3. The molecule has 6 heteroatoms. The molecule has 2 heterocycles. The van der Waals surface area contributed by atoms with Crippen molar-refractivity contribution in [2.24, 2.45) is 0 Å². The number of nitrogens with zero attached hydrogens (tertiary/aromatic N) is 2. The van der Waals surface area contributed by atoms with Crippen LogP contribution in [-0.2, 0) is 4.74 Å². The molecule has 1 saturated heterocycles. The SMILES string of the molecule is CCCCCCOC(=O)c1ccccc1C1c2ccc(N(CC)CC)cc2Oc2cc(Cl)c(N3CCCC3)cc21. The van der Waals surface area contributed by atoms with E-state index in [4.69, 9.17) is 21.1 Å². The number of fused-ring (bicyclic) bond motifs is 2. The monoisotopic (exact) mass is 560 g/mol. The van der Waals surface area contributed by atoms with Gasteiger partial charge in [-0.1, -0.05) is 62.1 Å². The molecule has 0 spiro atoms. The number of carbonyl (C=O) groups excluding carboxylic acids is 1. The molecule has 2 aliphatic heterocycles. The fourth-order valence-corrected chi connectivity index (χ4v) is 6.31. The minimum absolute atomic E-state index is 0.188. The number of esters is 1. The lowest BCUT2D eigenvalue weighted by molar-refractivity contribution is 0.0496. The summed E-state index contributed by atoms with van der Waals surface area (Å²) in [7, 11) is 0. The van der Waals surface area contributed by atoms with Crippen molar-refractivity contribution in [3.05, 3.63) is 81.9 Å². The first kappa shape index (κ1) is 28.4. The van der Waals surface area contributed by atoms with Crippen LogP contribution >= 0.6 is 11.6 Å². The van der Waals surface area contributed by atoms with E-state index in [1.54, 1.807) is 0 Å². The highest BCUT2D eigenvalue weighted by Gasteiger charge is 2.34. The van der Waals surface area contributed by atoms with Crippen molar-refractivity contribution in [3.63, 3.8) is 0 Å². The molecule has 2 aliphatic rings. The number of benzene rings is 3. The topological polar surface area (TPSA) is 42.0 Å². The van der Waals surface area contributed by atoms with Gasteiger partial charge in [-0.2, -0.15) is 0 Å². The van der Waals surface area contributed by atoms with E-state index in [0.717, 1.165) is 104 Å². The molecular weight excluding hydrogens is 520 g/mol. The Bertz CT molecular complexity index is 1330. The lowest BCUT2D eigenvalue weighted by atomic mass is 9.80. The molecule has 5 rings (SSSR count). The first-order valence-electron chi connectivity index (χ1n) is 15.0. The van der Waals surface area contributed by atoms with Gasteiger partial charge in [0.25, 0.3) is 0 Å². The maximum Gasteiger partial charge on any atom is 0.338 e. The highest BCUT2D eigenvalue weighted by atomic mass is 35.5. The van der Waals surface area contributed by atoms with Crippen LogP contribution in [0.25, 0.3) is 0 Å². The van der Waals surface area contributed by atoms with Gasteiger partial charge in [0.15, 0.2) is 0 Å². The van der Waals surface area contributed by atoms with E-state index in [0.29, 0.717) is 17.2 Å². The lowest BCUT2D eigenvalue weighted by Crippen LogP contribution is -2.23. The molecule has 1 atom stereocenters. The number of carbonyl (C=O) groups is 1. The summed E-state index contributed by atoms with van der Waals surface area (Å²) in [6.45, 7) is 10.7. The first-order valence-corrected chi connectivity index (χ1v) is 15.3. The predicted octanol–water partition coefficient (Wildman–Crippen LogP) is 8.81. The molecule has 0 bridgehead atoms. The molecular formula is C34H41ClN2O3. The minimum atomic E-state index is -0.268. The summed E-state index contributed by atoms with van der Waals surface area (Å²) in [5, 5.41) is 0.697. The Kier molecular flexibility index (Phi) is 9.21. The summed E-state index contributed by atoms with van der Waals surface area (Å²) in [6, 6.07) is 18.5. The van der Waals surface area contributed by atoms with Crippen molar-refractivity contribution < 1.29 is 14.3 Å². The molecule has 5 nitrogen and oxygen atoms in total. The van der Waals surface area contributed by atoms with Crippen molar-refractivity contribution in [2.45, 2.75) is 65.2 Å². The molecule has 212 valence electrons. The number of hydrogen-bond donors (Lipinski definition) is 0. The number of ether oxygens (including phenoxy) is 2. The molecule has 0 aromatic heterocycles. The Balaban J connectivity index is 1.59. The van der Waals surface area contributed by atoms with Gasteiger partial charge >= 0.3 is 5.97 Å². The van der Waals surface area contributed by atoms with Crippen LogP contribution in [0, 0.1) is 0 Å². The molecule has 0 aliphatic carbocycles. The number of rotatable bonds is 11. The quantitative estimate of drug-likeness (QED) is 0.135. The van der Waals surface area contributed by atoms with Crippen molar-refractivity contribution in [3.8, 4) is 11.5 Å². The largest absolute Gasteiger partial charge is 0.462 e. The van der Waals surface area contributed by atoms with E-state index < -0.39 is 0 Å². The third-order valence-corrected chi connectivity index (χ3v) is 8.52. The van der Waals surface area contributed by atoms with E-state index >= 15 is 0 Å². The normalized spacial score (nSPS) is 15.8. The summed E-state index contributed by atoms with van der Waals surface area (Å²) in [5.41, 5.74) is 5.75.